The molecule has 0 fully saturated rings. The summed E-state index contributed by atoms with van der Waals surface area (Å²) in [5.41, 5.74) is 0.375. The summed E-state index contributed by atoms with van der Waals surface area (Å²) >= 11 is 5.73. The molecule has 3 rings (SSSR count). The highest BCUT2D eigenvalue weighted by atomic mass is 35.5. The van der Waals surface area contributed by atoms with Crippen molar-refractivity contribution in [1.29, 1.82) is 0 Å². The van der Waals surface area contributed by atoms with Crippen molar-refractivity contribution in [2.75, 3.05) is 0 Å². The molecule has 0 saturated heterocycles. The zero-order valence-corrected chi connectivity index (χ0v) is 12.7. The van der Waals surface area contributed by atoms with Crippen LogP contribution in [-0.4, -0.2) is 14.3 Å². The standard InChI is InChI=1S/C15H13ClFN3O2/c1-3-19-8(2)14-11(7-13(19)21)18-20(15(14)22)12-5-4-9(16)6-10(12)17/h4-7,18H,3H2,1-2H3. The maximum Gasteiger partial charge on any atom is 0.280 e. The fraction of sp³-hybridized carbons (Fsp3) is 0.200. The predicted molar refractivity (Wildman–Crippen MR) is 83.5 cm³/mol. The van der Waals surface area contributed by atoms with Crippen LogP contribution in [-0.2, 0) is 6.54 Å². The number of nitrogens with one attached hydrogen (secondary N) is 1. The Balaban J connectivity index is 2.38. The van der Waals surface area contributed by atoms with Crippen molar-refractivity contribution in [3.05, 3.63) is 61.5 Å². The zero-order valence-electron chi connectivity index (χ0n) is 12.0. The number of rotatable bonds is 2. The summed E-state index contributed by atoms with van der Waals surface area (Å²) in [7, 11) is 0. The SMILES string of the molecule is CCn1c(C)c2c(=O)n(-c3ccc(Cl)cc3F)[nH]c2cc1=O. The predicted octanol–water partition coefficient (Wildman–Crippen LogP) is 2.60. The number of aromatic nitrogens is 3. The lowest BCUT2D eigenvalue weighted by molar-refractivity contribution is 0.609. The summed E-state index contributed by atoms with van der Waals surface area (Å²) in [4.78, 5) is 24.6. The first-order valence-corrected chi connectivity index (χ1v) is 7.12. The minimum Gasteiger partial charge on any atom is -0.312 e. The monoisotopic (exact) mass is 321 g/mol. The maximum absolute atomic E-state index is 14.0. The molecule has 0 unspecified atom stereocenters. The van der Waals surface area contributed by atoms with Gasteiger partial charge in [0.25, 0.3) is 11.1 Å². The van der Waals surface area contributed by atoms with E-state index in [2.05, 4.69) is 5.10 Å². The van der Waals surface area contributed by atoms with Gasteiger partial charge in [0, 0.05) is 23.3 Å². The highest BCUT2D eigenvalue weighted by molar-refractivity contribution is 6.30. The molecular formula is C15H13ClFN3O2. The van der Waals surface area contributed by atoms with Crippen LogP contribution in [0.3, 0.4) is 0 Å². The Bertz CT molecular complexity index is 1000. The van der Waals surface area contributed by atoms with Crippen LogP contribution in [0.15, 0.2) is 33.9 Å². The summed E-state index contributed by atoms with van der Waals surface area (Å²) in [5.74, 6) is -0.621. The van der Waals surface area contributed by atoms with Crippen molar-refractivity contribution in [1.82, 2.24) is 14.3 Å². The molecule has 0 aliphatic carbocycles. The third kappa shape index (κ3) is 2.07. The third-order valence-electron chi connectivity index (χ3n) is 3.69. The molecular weight excluding hydrogens is 309 g/mol. The van der Waals surface area contributed by atoms with E-state index in [1.807, 2.05) is 6.92 Å². The molecule has 3 aromatic rings. The molecule has 0 aliphatic rings. The Kier molecular flexibility index (Phi) is 3.41. The number of aromatic amines is 1. The minimum absolute atomic E-state index is 0.0560. The van der Waals surface area contributed by atoms with Crippen LogP contribution in [0.2, 0.25) is 5.02 Å². The molecule has 0 radical (unpaired) electrons. The van der Waals surface area contributed by atoms with Crippen LogP contribution in [0, 0.1) is 12.7 Å². The van der Waals surface area contributed by atoms with E-state index in [0.717, 1.165) is 10.7 Å². The van der Waals surface area contributed by atoms with Crippen LogP contribution in [0.25, 0.3) is 16.6 Å². The second-order valence-corrected chi connectivity index (χ2v) is 5.39. The molecule has 22 heavy (non-hydrogen) atoms. The normalized spacial score (nSPS) is 11.3. The number of benzene rings is 1. The van der Waals surface area contributed by atoms with Crippen molar-refractivity contribution in [3.8, 4) is 5.69 Å². The summed E-state index contributed by atoms with van der Waals surface area (Å²) in [6.07, 6.45) is 0. The molecule has 2 heterocycles. The molecule has 0 amide bonds. The Morgan fingerprint density at radius 3 is 2.64 bits per heavy atom. The summed E-state index contributed by atoms with van der Waals surface area (Å²) in [6.45, 7) is 3.98. The Morgan fingerprint density at radius 2 is 2.00 bits per heavy atom. The lowest BCUT2D eigenvalue weighted by Crippen LogP contribution is -2.22. The van der Waals surface area contributed by atoms with Gasteiger partial charge >= 0.3 is 0 Å². The molecule has 1 aromatic carbocycles. The van der Waals surface area contributed by atoms with Gasteiger partial charge in [0.1, 0.15) is 11.5 Å². The first kappa shape index (κ1) is 14.6. The molecule has 0 bridgehead atoms. The van der Waals surface area contributed by atoms with E-state index >= 15 is 0 Å². The second-order valence-electron chi connectivity index (χ2n) is 4.95. The second kappa shape index (κ2) is 5.14. The highest BCUT2D eigenvalue weighted by Gasteiger charge is 2.16. The summed E-state index contributed by atoms with van der Waals surface area (Å²) in [5, 5.41) is 3.40. The quantitative estimate of drug-likeness (QED) is 0.788. The van der Waals surface area contributed by atoms with E-state index in [4.69, 9.17) is 11.6 Å². The maximum atomic E-state index is 14.0. The average molecular weight is 322 g/mol. The molecule has 0 atom stereocenters. The third-order valence-corrected chi connectivity index (χ3v) is 3.92. The number of halogens is 2. The smallest absolute Gasteiger partial charge is 0.280 e. The molecule has 0 spiro atoms. The van der Waals surface area contributed by atoms with Crippen LogP contribution in [0.1, 0.15) is 12.6 Å². The van der Waals surface area contributed by atoms with Gasteiger partial charge in [-0.25, -0.2) is 9.07 Å². The van der Waals surface area contributed by atoms with E-state index in [1.54, 1.807) is 6.92 Å². The Morgan fingerprint density at radius 1 is 1.27 bits per heavy atom. The largest absolute Gasteiger partial charge is 0.312 e. The Hall–Kier alpha value is -2.34. The number of hydrogen-bond acceptors (Lipinski definition) is 2. The molecule has 1 N–H and O–H groups in total. The van der Waals surface area contributed by atoms with Gasteiger partial charge in [-0.15, -0.1) is 0 Å². The van der Waals surface area contributed by atoms with E-state index < -0.39 is 11.4 Å². The van der Waals surface area contributed by atoms with Crippen molar-refractivity contribution >= 4 is 22.5 Å². The molecule has 2 aromatic heterocycles. The number of fused-ring (bicyclic) bond motifs is 1. The molecule has 114 valence electrons. The number of H-pyrrole nitrogens is 1. The number of nitrogens with zero attached hydrogens (tertiary/aromatic N) is 2. The van der Waals surface area contributed by atoms with Gasteiger partial charge in [-0.05, 0) is 32.0 Å². The van der Waals surface area contributed by atoms with E-state index in [1.165, 1.54) is 22.8 Å². The Labute approximate surface area is 129 Å². The molecule has 0 aliphatic heterocycles. The van der Waals surface area contributed by atoms with Crippen LogP contribution in [0.5, 0.6) is 0 Å². The van der Waals surface area contributed by atoms with Crippen molar-refractivity contribution in [2.45, 2.75) is 20.4 Å². The fourth-order valence-electron chi connectivity index (χ4n) is 2.64. The first-order valence-electron chi connectivity index (χ1n) is 6.74. The number of hydrogen-bond donors (Lipinski definition) is 1. The highest BCUT2D eigenvalue weighted by Crippen LogP contribution is 2.18. The fourth-order valence-corrected chi connectivity index (χ4v) is 2.79. The van der Waals surface area contributed by atoms with E-state index in [9.17, 15) is 14.0 Å². The van der Waals surface area contributed by atoms with Crippen LogP contribution >= 0.6 is 11.6 Å². The lowest BCUT2D eigenvalue weighted by Gasteiger charge is -2.05. The van der Waals surface area contributed by atoms with Gasteiger partial charge in [-0.2, -0.15) is 0 Å². The van der Waals surface area contributed by atoms with Gasteiger partial charge in [0.05, 0.1) is 10.9 Å². The molecule has 0 saturated carbocycles. The minimum atomic E-state index is -0.621. The molecule has 7 heteroatoms. The summed E-state index contributed by atoms with van der Waals surface area (Å²) in [6, 6.07) is 5.39. The average Bonchev–Trinajstić information content (AvgIpc) is 2.76. The first-order chi connectivity index (χ1) is 10.4. The van der Waals surface area contributed by atoms with Crippen LogP contribution in [0.4, 0.5) is 4.39 Å². The molecule has 5 nitrogen and oxygen atoms in total. The van der Waals surface area contributed by atoms with Gasteiger partial charge in [0.2, 0.25) is 0 Å². The van der Waals surface area contributed by atoms with Crippen molar-refractivity contribution in [2.24, 2.45) is 0 Å². The topological polar surface area (TPSA) is 59.8 Å². The van der Waals surface area contributed by atoms with Crippen molar-refractivity contribution in [3.63, 3.8) is 0 Å². The summed E-state index contributed by atoms with van der Waals surface area (Å²) < 4.78 is 16.6. The number of aryl methyl sites for hydroxylation is 1. The van der Waals surface area contributed by atoms with Gasteiger partial charge in [-0.1, -0.05) is 11.6 Å². The van der Waals surface area contributed by atoms with Gasteiger partial charge in [-0.3, -0.25) is 14.7 Å². The van der Waals surface area contributed by atoms with E-state index in [-0.39, 0.29) is 16.3 Å². The van der Waals surface area contributed by atoms with Gasteiger partial charge < -0.3 is 4.57 Å². The van der Waals surface area contributed by atoms with E-state index in [0.29, 0.717) is 23.1 Å². The zero-order chi connectivity index (χ0) is 16.0. The van der Waals surface area contributed by atoms with Crippen molar-refractivity contribution < 1.29 is 4.39 Å². The lowest BCUT2D eigenvalue weighted by atomic mass is 10.2. The van der Waals surface area contributed by atoms with Gasteiger partial charge in [0.15, 0.2) is 0 Å². The number of pyridine rings is 1. The van der Waals surface area contributed by atoms with Crippen LogP contribution < -0.4 is 11.1 Å².